The summed E-state index contributed by atoms with van der Waals surface area (Å²) in [5, 5.41) is 3.30. The number of ether oxygens (including phenoxy) is 1. The molecule has 0 amide bonds. The number of nitrogens with one attached hydrogen (secondary N) is 1. The van der Waals surface area contributed by atoms with Crippen molar-refractivity contribution >= 4 is 11.8 Å². The number of rotatable bonds is 5. The maximum Gasteiger partial charge on any atom is 0.305 e. The van der Waals surface area contributed by atoms with Crippen LogP contribution >= 0.6 is 0 Å². The van der Waals surface area contributed by atoms with Gasteiger partial charge in [-0.3, -0.25) is 14.2 Å². The first kappa shape index (κ1) is 13.6. The van der Waals surface area contributed by atoms with Gasteiger partial charge in [0.15, 0.2) is 0 Å². The normalized spacial score (nSPS) is 13.5. The Morgan fingerprint density at radius 3 is 3.05 bits per heavy atom. The first-order valence-electron chi connectivity index (χ1n) is 6.76. The quantitative estimate of drug-likeness (QED) is 0.647. The van der Waals surface area contributed by atoms with E-state index in [-0.39, 0.29) is 11.5 Å². The Hall–Kier alpha value is -1.78. The predicted molar refractivity (Wildman–Crippen MR) is 73.4 cm³/mol. The Morgan fingerprint density at radius 1 is 1.42 bits per heavy atom. The average molecular weight is 264 g/mol. The van der Waals surface area contributed by atoms with Crippen LogP contribution in [-0.2, 0) is 22.5 Å². The van der Waals surface area contributed by atoms with Crippen LogP contribution in [-0.4, -0.2) is 24.2 Å². The number of aryl methyl sites for hydroxylation is 1. The summed E-state index contributed by atoms with van der Waals surface area (Å²) in [4.78, 5) is 22.8. The molecule has 1 aliphatic rings. The number of carbonyl (C=O) groups is 1. The molecule has 2 rings (SSSR count). The minimum absolute atomic E-state index is 0.0560. The second-order valence-electron chi connectivity index (χ2n) is 4.76. The van der Waals surface area contributed by atoms with Crippen LogP contribution in [0.1, 0.15) is 31.2 Å². The summed E-state index contributed by atoms with van der Waals surface area (Å²) in [6.45, 7) is 1.70. The van der Waals surface area contributed by atoms with Gasteiger partial charge in [-0.1, -0.05) is 0 Å². The van der Waals surface area contributed by atoms with Crippen molar-refractivity contribution in [1.29, 1.82) is 0 Å². The zero-order chi connectivity index (χ0) is 13.7. The van der Waals surface area contributed by atoms with E-state index in [0.29, 0.717) is 6.42 Å². The number of pyridine rings is 1. The molecule has 0 radical (unpaired) electrons. The van der Waals surface area contributed by atoms with Crippen LogP contribution in [0.15, 0.2) is 16.9 Å². The molecule has 1 N–H and O–H groups in total. The highest BCUT2D eigenvalue weighted by Crippen LogP contribution is 2.19. The Bertz CT molecular complexity index is 508. The summed E-state index contributed by atoms with van der Waals surface area (Å²) in [6, 6.07) is 3.52. The van der Waals surface area contributed by atoms with E-state index >= 15 is 0 Å². The first-order valence-corrected chi connectivity index (χ1v) is 6.76. The summed E-state index contributed by atoms with van der Waals surface area (Å²) >= 11 is 0. The molecule has 0 spiro atoms. The van der Waals surface area contributed by atoms with Crippen LogP contribution in [0.5, 0.6) is 0 Å². The lowest BCUT2D eigenvalue weighted by molar-refractivity contribution is -0.140. The van der Waals surface area contributed by atoms with Crippen molar-refractivity contribution in [3.63, 3.8) is 0 Å². The third-order valence-electron chi connectivity index (χ3n) is 3.42. The van der Waals surface area contributed by atoms with Gasteiger partial charge in [0, 0.05) is 25.6 Å². The molecule has 0 atom stereocenters. The number of methoxy groups -OCH3 is 1. The number of aromatic nitrogens is 1. The SMILES string of the molecule is COC(=O)CCCCc1ccc(=O)n2c1NCCC2. The van der Waals surface area contributed by atoms with Gasteiger partial charge in [0.25, 0.3) is 5.56 Å². The molecule has 0 aromatic carbocycles. The number of fused-ring (bicyclic) bond motifs is 1. The van der Waals surface area contributed by atoms with Crippen molar-refractivity contribution in [2.75, 3.05) is 19.0 Å². The smallest absolute Gasteiger partial charge is 0.305 e. The van der Waals surface area contributed by atoms with Gasteiger partial charge in [-0.15, -0.1) is 0 Å². The largest absolute Gasteiger partial charge is 0.469 e. The van der Waals surface area contributed by atoms with Crippen molar-refractivity contribution < 1.29 is 9.53 Å². The predicted octanol–water partition coefficient (Wildman–Crippen LogP) is 1.55. The molecule has 2 heterocycles. The topological polar surface area (TPSA) is 60.3 Å². The van der Waals surface area contributed by atoms with Crippen molar-refractivity contribution in [1.82, 2.24) is 4.57 Å². The molecule has 0 saturated heterocycles. The standard InChI is InChI=1S/C14H20N2O3/c1-19-13(18)6-3-2-5-11-7-8-12(17)16-10-4-9-15-14(11)16/h7-8,15H,2-6,9-10H2,1H3. The summed E-state index contributed by atoms with van der Waals surface area (Å²) in [7, 11) is 1.41. The van der Waals surface area contributed by atoms with Gasteiger partial charge in [-0.05, 0) is 37.3 Å². The van der Waals surface area contributed by atoms with Crippen LogP contribution in [0.3, 0.4) is 0 Å². The molecule has 0 saturated carbocycles. The highest BCUT2D eigenvalue weighted by Gasteiger charge is 2.13. The Morgan fingerprint density at radius 2 is 2.26 bits per heavy atom. The zero-order valence-electron chi connectivity index (χ0n) is 11.3. The molecule has 19 heavy (non-hydrogen) atoms. The van der Waals surface area contributed by atoms with E-state index in [4.69, 9.17) is 0 Å². The van der Waals surface area contributed by atoms with Gasteiger partial charge in [0.05, 0.1) is 7.11 Å². The highest BCUT2D eigenvalue weighted by atomic mass is 16.5. The van der Waals surface area contributed by atoms with E-state index in [1.165, 1.54) is 7.11 Å². The minimum atomic E-state index is -0.163. The van der Waals surface area contributed by atoms with Gasteiger partial charge >= 0.3 is 5.97 Å². The monoisotopic (exact) mass is 264 g/mol. The van der Waals surface area contributed by atoms with Crippen molar-refractivity contribution in [2.45, 2.75) is 38.6 Å². The zero-order valence-corrected chi connectivity index (χ0v) is 11.3. The van der Waals surface area contributed by atoms with E-state index < -0.39 is 0 Å². The molecule has 0 bridgehead atoms. The van der Waals surface area contributed by atoms with Gasteiger partial charge in [0.1, 0.15) is 5.82 Å². The summed E-state index contributed by atoms with van der Waals surface area (Å²) < 4.78 is 6.42. The molecular formula is C14H20N2O3. The van der Waals surface area contributed by atoms with Crippen LogP contribution < -0.4 is 10.9 Å². The lowest BCUT2D eigenvalue weighted by atomic mass is 10.1. The fourth-order valence-electron chi connectivity index (χ4n) is 2.39. The van der Waals surface area contributed by atoms with Crippen LogP contribution in [0.4, 0.5) is 5.82 Å². The van der Waals surface area contributed by atoms with Crippen LogP contribution in [0.25, 0.3) is 0 Å². The Labute approximate surface area is 112 Å². The number of hydrogen-bond donors (Lipinski definition) is 1. The van der Waals surface area contributed by atoms with E-state index in [0.717, 1.165) is 50.2 Å². The molecule has 0 aliphatic carbocycles. The highest BCUT2D eigenvalue weighted by molar-refractivity contribution is 5.69. The maximum absolute atomic E-state index is 11.7. The summed E-state index contributed by atoms with van der Waals surface area (Å²) in [5.74, 6) is 0.793. The van der Waals surface area contributed by atoms with Crippen LogP contribution in [0, 0.1) is 0 Å². The average Bonchev–Trinajstić information content (AvgIpc) is 2.45. The minimum Gasteiger partial charge on any atom is -0.469 e. The lowest BCUT2D eigenvalue weighted by Crippen LogP contribution is -2.29. The molecule has 1 aromatic rings. The molecule has 0 fully saturated rings. The second-order valence-corrected chi connectivity index (χ2v) is 4.76. The molecule has 1 aliphatic heterocycles. The van der Waals surface area contributed by atoms with Crippen molar-refractivity contribution in [3.8, 4) is 0 Å². The van der Waals surface area contributed by atoms with Crippen LogP contribution in [0.2, 0.25) is 0 Å². The number of carbonyl (C=O) groups excluding carboxylic acids is 1. The Kier molecular flexibility index (Phi) is 4.60. The maximum atomic E-state index is 11.7. The number of esters is 1. The third-order valence-corrected chi connectivity index (χ3v) is 3.42. The molecule has 1 aromatic heterocycles. The summed E-state index contributed by atoms with van der Waals surface area (Å²) in [6.07, 6.45) is 4.05. The molecule has 5 heteroatoms. The van der Waals surface area contributed by atoms with E-state index in [9.17, 15) is 9.59 Å². The molecule has 104 valence electrons. The van der Waals surface area contributed by atoms with Gasteiger partial charge in [-0.2, -0.15) is 0 Å². The van der Waals surface area contributed by atoms with Crippen molar-refractivity contribution in [3.05, 3.63) is 28.0 Å². The second kappa shape index (κ2) is 6.41. The molecule has 0 unspecified atom stereocenters. The fourth-order valence-corrected chi connectivity index (χ4v) is 2.39. The van der Waals surface area contributed by atoms with Gasteiger partial charge < -0.3 is 10.1 Å². The number of unbranched alkanes of at least 4 members (excludes halogenated alkanes) is 1. The Balaban J connectivity index is 1.97. The summed E-state index contributed by atoms with van der Waals surface area (Å²) in [5.41, 5.74) is 1.21. The lowest BCUT2D eigenvalue weighted by Gasteiger charge is -2.22. The molecule has 5 nitrogen and oxygen atoms in total. The van der Waals surface area contributed by atoms with Gasteiger partial charge in [-0.25, -0.2) is 0 Å². The van der Waals surface area contributed by atoms with Gasteiger partial charge in [0.2, 0.25) is 0 Å². The first-order chi connectivity index (χ1) is 9.22. The van der Waals surface area contributed by atoms with E-state index in [1.807, 2.05) is 6.07 Å². The number of nitrogens with zero attached hydrogens (tertiary/aromatic N) is 1. The van der Waals surface area contributed by atoms with E-state index in [2.05, 4.69) is 10.1 Å². The number of hydrogen-bond acceptors (Lipinski definition) is 4. The molecular weight excluding hydrogens is 244 g/mol. The van der Waals surface area contributed by atoms with E-state index in [1.54, 1.807) is 10.6 Å². The third kappa shape index (κ3) is 3.36. The fraction of sp³-hybridized carbons (Fsp3) is 0.571. The number of anilines is 1. The van der Waals surface area contributed by atoms with Crippen molar-refractivity contribution in [2.24, 2.45) is 0 Å².